The Morgan fingerprint density at radius 2 is 2.05 bits per heavy atom. The van der Waals surface area contributed by atoms with Crippen LogP contribution in [0.2, 0.25) is 0 Å². The van der Waals surface area contributed by atoms with Gasteiger partial charge in [0.1, 0.15) is 17.4 Å². The van der Waals surface area contributed by atoms with Gasteiger partial charge >= 0.3 is 0 Å². The van der Waals surface area contributed by atoms with Gasteiger partial charge in [-0.2, -0.15) is 0 Å². The molecule has 0 amide bonds. The Bertz CT molecular complexity index is 555. The van der Waals surface area contributed by atoms with Gasteiger partial charge in [-0.25, -0.2) is 0 Å². The molecule has 0 saturated carbocycles. The van der Waals surface area contributed by atoms with Crippen LogP contribution in [0.4, 0.5) is 0 Å². The van der Waals surface area contributed by atoms with Crippen LogP contribution in [0.1, 0.15) is 36.7 Å². The summed E-state index contributed by atoms with van der Waals surface area (Å²) in [5.41, 5.74) is 2.08. The van der Waals surface area contributed by atoms with E-state index >= 15 is 0 Å². The van der Waals surface area contributed by atoms with E-state index in [0.717, 1.165) is 23.9 Å². The lowest BCUT2D eigenvalue weighted by Crippen LogP contribution is -2.21. The number of benzene rings is 1. The number of aryl methyl sites for hydroxylation is 1. The zero-order valence-corrected chi connectivity index (χ0v) is 11.4. The molecule has 1 fully saturated rings. The van der Waals surface area contributed by atoms with Crippen molar-refractivity contribution in [1.82, 2.24) is 4.90 Å². The largest absolute Gasteiger partial charge is 0.458 e. The van der Waals surface area contributed by atoms with Crippen LogP contribution in [-0.4, -0.2) is 29.6 Å². The van der Waals surface area contributed by atoms with Crippen LogP contribution in [0.15, 0.2) is 28.7 Å². The lowest BCUT2D eigenvalue weighted by molar-refractivity contribution is 0.127. The van der Waals surface area contributed by atoms with Gasteiger partial charge in [0.25, 0.3) is 0 Å². The fourth-order valence-corrected chi connectivity index (χ4v) is 2.80. The highest BCUT2D eigenvalue weighted by atomic mass is 16.4. The molecule has 1 aromatic heterocycles. The van der Waals surface area contributed by atoms with Crippen LogP contribution in [0.3, 0.4) is 0 Å². The van der Waals surface area contributed by atoms with Crippen molar-refractivity contribution < 1.29 is 9.52 Å². The first-order chi connectivity index (χ1) is 9.22. The van der Waals surface area contributed by atoms with Crippen molar-refractivity contribution in [2.75, 3.05) is 19.6 Å². The Balaban J connectivity index is 1.68. The SMILES string of the molecule is Cc1ccc2oc(C(O)CCN3CCCC3)cc2c1. The predicted molar refractivity (Wildman–Crippen MR) is 76.2 cm³/mol. The molecular formula is C16H21NO2. The van der Waals surface area contributed by atoms with Crippen LogP contribution in [0.5, 0.6) is 0 Å². The molecule has 1 N–H and O–H groups in total. The van der Waals surface area contributed by atoms with E-state index in [2.05, 4.69) is 17.9 Å². The minimum Gasteiger partial charge on any atom is -0.458 e. The first kappa shape index (κ1) is 12.7. The third kappa shape index (κ3) is 2.82. The smallest absolute Gasteiger partial charge is 0.134 e. The summed E-state index contributed by atoms with van der Waals surface area (Å²) in [6.45, 7) is 5.37. The van der Waals surface area contributed by atoms with E-state index in [1.165, 1.54) is 31.5 Å². The van der Waals surface area contributed by atoms with E-state index < -0.39 is 6.10 Å². The normalized spacial score (nSPS) is 18.2. The van der Waals surface area contributed by atoms with Gasteiger partial charge in [-0.05, 0) is 57.5 Å². The number of aliphatic hydroxyl groups is 1. The van der Waals surface area contributed by atoms with Crippen molar-refractivity contribution >= 4 is 11.0 Å². The maximum absolute atomic E-state index is 10.2. The number of nitrogens with zero attached hydrogens (tertiary/aromatic N) is 1. The molecule has 0 spiro atoms. The Hall–Kier alpha value is -1.32. The monoisotopic (exact) mass is 259 g/mol. The molecule has 1 aliphatic heterocycles. The molecule has 1 atom stereocenters. The van der Waals surface area contributed by atoms with Gasteiger partial charge in [0.05, 0.1) is 0 Å². The van der Waals surface area contributed by atoms with Crippen molar-refractivity contribution in [2.45, 2.75) is 32.3 Å². The maximum atomic E-state index is 10.2. The summed E-state index contributed by atoms with van der Waals surface area (Å²) in [7, 11) is 0. The molecular weight excluding hydrogens is 238 g/mol. The molecule has 2 aromatic rings. The summed E-state index contributed by atoms with van der Waals surface area (Å²) in [6, 6.07) is 8.07. The molecule has 0 radical (unpaired) electrons. The van der Waals surface area contributed by atoms with Crippen LogP contribution in [0, 0.1) is 6.92 Å². The Morgan fingerprint density at radius 1 is 1.26 bits per heavy atom. The van der Waals surface area contributed by atoms with Gasteiger partial charge in [0.15, 0.2) is 0 Å². The molecule has 1 aliphatic rings. The average molecular weight is 259 g/mol. The minimum atomic E-state index is -0.492. The Labute approximate surface area is 113 Å². The summed E-state index contributed by atoms with van der Waals surface area (Å²) in [5, 5.41) is 11.3. The zero-order chi connectivity index (χ0) is 13.2. The van der Waals surface area contributed by atoms with E-state index in [9.17, 15) is 5.11 Å². The number of likely N-dealkylation sites (tertiary alicyclic amines) is 1. The summed E-state index contributed by atoms with van der Waals surface area (Å²) < 4.78 is 5.73. The molecule has 102 valence electrons. The number of aliphatic hydroxyl groups excluding tert-OH is 1. The van der Waals surface area contributed by atoms with Gasteiger partial charge < -0.3 is 14.4 Å². The van der Waals surface area contributed by atoms with Crippen molar-refractivity contribution in [3.05, 3.63) is 35.6 Å². The fraction of sp³-hybridized carbons (Fsp3) is 0.500. The maximum Gasteiger partial charge on any atom is 0.134 e. The molecule has 3 nitrogen and oxygen atoms in total. The number of rotatable bonds is 4. The van der Waals surface area contributed by atoms with Gasteiger partial charge in [-0.3, -0.25) is 0 Å². The summed E-state index contributed by atoms with van der Waals surface area (Å²) in [6.07, 6.45) is 2.84. The molecule has 3 heteroatoms. The minimum absolute atomic E-state index is 0.492. The van der Waals surface area contributed by atoms with Crippen molar-refractivity contribution in [3.63, 3.8) is 0 Å². The predicted octanol–water partition coefficient (Wildman–Crippen LogP) is 3.26. The molecule has 1 unspecified atom stereocenters. The summed E-state index contributed by atoms with van der Waals surface area (Å²) in [4.78, 5) is 2.41. The molecule has 2 heterocycles. The topological polar surface area (TPSA) is 36.6 Å². The van der Waals surface area contributed by atoms with Gasteiger partial charge in [0, 0.05) is 11.9 Å². The molecule has 0 aliphatic carbocycles. The Kier molecular flexibility index (Phi) is 3.58. The van der Waals surface area contributed by atoms with Gasteiger partial charge in [-0.15, -0.1) is 0 Å². The van der Waals surface area contributed by atoms with E-state index in [4.69, 9.17) is 4.42 Å². The van der Waals surface area contributed by atoms with E-state index in [-0.39, 0.29) is 0 Å². The molecule has 3 rings (SSSR count). The second-order valence-electron chi connectivity index (χ2n) is 5.54. The highest BCUT2D eigenvalue weighted by Crippen LogP contribution is 2.26. The first-order valence-electron chi connectivity index (χ1n) is 7.13. The lowest BCUT2D eigenvalue weighted by Gasteiger charge is -2.16. The third-order valence-corrected chi connectivity index (χ3v) is 3.94. The molecule has 1 aromatic carbocycles. The first-order valence-corrected chi connectivity index (χ1v) is 7.13. The lowest BCUT2D eigenvalue weighted by atomic mass is 10.1. The molecule has 19 heavy (non-hydrogen) atoms. The second-order valence-corrected chi connectivity index (χ2v) is 5.54. The zero-order valence-electron chi connectivity index (χ0n) is 11.4. The quantitative estimate of drug-likeness (QED) is 0.915. The highest BCUT2D eigenvalue weighted by Gasteiger charge is 2.17. The number of hydrogen-bond donors (Lipinski definition) is 1. The van der Waals surface area contributed by atoms with Crippen LogP contribution in [0.25, 0.3) is 11.0 Å². The van der Waals surface area contributed by atoms with Crippen LogP contribution >= 0.6 is 0 Å². The highest BCUT2D eigenvalue weighted by molar-refractivity contribution is 5.78. The molecule has 1 saturated heterocycles. The van der Waals surface area contributed by atoms with Crippen molar-refractivity contribution in [1.29, 1.82) is 0 Å². The van der Waals surface area contributed by atoms with Crippen molar-refractivity contribution in [3.8, 4) is 0 Å². The Morgan fingerprint density at radius 3 is 2.84 bits per heavy atom. The van der Waals surface area contributed by atoms with Crippen LogP contribution < -0.4 is 0 Å². The molecule has 0 bridgehead atoms. The summed E-state index contributed by atoms with van der Waals surface area (Å²) in [5.74, 6) is 0.694. The van der Waals surface area contributed by atoms with Crippen LogP contribution in [-0.2, 0) is 0 Å². The fourth-order valence-electron chi connectivity index (χ4n) is 2.80. The van der Waals surface area contributed by atoms with E-state index in [1.807, 2.05) is 18.2 Å². The van der Waals surface area contributed by atoms with Gasteiger partial charge in [0.2, 0.25) is 0 Å². The second kappa shape index (κ2) is 5.35. The summed E-state index contributed by atoms with van der Waals surface area (Å²) >= 11 is 0. The number of hydrogen-bond acceptors (Lipinski definition) is 3. The van der Waals surface area contributed by atoms with Crippen molar-refractivity contribution in [2.24, 2.45) is 0 Å². The van der Waals surface area contributed by atoms with Gasteiger partial charge in [-0.1, -0.05) is 11.6 Å². The standard InChI is InChI=1S/C16H21NO2/c1-12-4-5-15-13(10-12)11-16(19-15)14(18)6-9-17-7-2-3-8-17/h4-5,10-11,14,18H,2-3,6-9H2,1H3. The number of furan rings is 1. The third-order valence-electron chi connectivity index (χ3n) is 3.94. The van der Waals surface area contributed by atoms with E-state index in [0.29, 0.717) is 5.76 Å². The average Bonchev–Trinajstić information content (AvgIpc) is 3.04. The number of fused-ring (bicyclic) bond motifs is 1. The van der Waals surface area contributed by atoms with E-state index in [1.54, 1.807) is 0 Å².